The number of carbonyl (C=O) groups excluding carboxylic acids is 1. The predicted octanol–water partition coefficient (Wildman–Crippen LogP) is 1.06. The fourth-order valence-corrected chi connectivity index (χ4v) is 1.60. The highest BCUT2D eigenvalue weighted by Gasteiger charge is 2.19. The molecule has 0 fully saturated rings. The molecule has 0 aromatic heterocycles. The smallest absolute Gasteiger partial charge is 0.310 e. The number of aliphatic hydroxyl groups is 1. The second kappa shape index (κ2) is 6.47. The summed E-state index contributed by atoms with van der Waals surface area (Å²) in [6.45, 7) is 1.32. The third-order valence-electron chi connectivity index (χ3n) is 2.43. The molecule has 0 heterocycles. The van der Waals surface area contributed by atoms with Gasteiger partial charge in [-0.25, -0.2) is 0 Å². The van der Waals surface area contributed by atoms with E-state index in [1.807, 2.05) is 0 Å². The van der Waals surface area contributed by atoms with E-state index in [0.717, 1.165) is 6.07 Å². The molecule has 1 N–H and O–H groups in total. The monoisotopic (exact) mass is 264 g/mol. The minimum Gasteiger partial charge on any atom is -0.466 e. The molecule has 1 aromatic rings. The summed E-state index contributed by atoms with van der Waals surface area (Å²) in [4.78, 5) is 21.5. The molecule has 0 unspecified atom stereocenters. The Labute approximate surface area is 109 Å². The minimum atomic E-state index is -0.680. The van der Waals surface area contributed by atoms with Crippen molar-refractivity contribution in [2.24, 2.45) is 0 Å². The predicted molar refractivity (Wildman–Crippen MR) is 64.1 cm³/mol. The van der Waals surface area contributed by atoms with Gasteiger partial charge < -0.3 is 9.84 Å². The minimum absolute atomic E-state index is 0.0250. The van der Waals surface area contributed by atoms with E-state index in [9.17, 15) is 14.9 Å². The summed E-state index contributed by atoms with van der Waals surface area (Å²) in [5.41, 5.74) is 0.0440. The number of carbonyl (C=O) groups is 1. The van der Waals surface area contributed by atoms with E-state index >= 15 is 0 Å². The molecule has 1 rings (SSSR count). The standard InChI is InChI=1S/C12H12N2O5/c1-2-19-12(16)5-8-3-10(7-15)11(14(17)18)4-9(8)6-13/h3-4,15H,2,5,7H2,1H3. The molecule has 0 saturated carbocycles. The number of nitro groups is 1. The molecule has 0 aliphatic carbocycles. The second-order valence-corrected chi connectivity index (χ2v) is 3.65. The summed E-state index contributed by atoms with van der Waals surface area (Å²) in [6.07, 6.45) is -0.165. The normalized spacial score (nSPS) is 9.74. The lowest BCUT2D eigenvalue weighted by molar-refractivity contribution is -0.385. The SMILES string of the molecule is CCOC(=O)Cc1cc(CO)c([N+](=O)[O-])cc1C#N. The Morgan fingerprint density at radius 1 is 1.53 bits per heavy atom. The second-order valence-electron chi connectivity index (χ2n) is 3.65. The Bertz CT molecular complexity index is 548. The third kappa shape index (κ3) is 3.50. The van der Waals surface area contributed by atoms with Crippen molar-refractivity contribution >= 4 is 11.7 Å². The summed E-state index contributed by atoms with van der Waals surface area (Å²) in [5.74, 6) is -0.531. The van der Waals surface area contributed by atoms with Crippen molar-refractivity contribution in [2.75, 3.05) is 6.61 Å². The van der Waals surface area contributed by atoms with Crippen LogP contribution in [0.4, 0.5) is 5.69 Å². The number of benzene rings is 1. The highest BCUT2D eigenvalue weighted by atomic mass is 16.6. The topological polar surface area (TPSA) is 113 Å². The number of nitro benzene ring substituents is 1. The van der Waals surface area contributed by atoms with Gasteiger partial charge in [0.2, 0.25) is 0 Å². The Morgan fingerprint density at radius 3 is 2.68 bits per heavy atom. The average molecular weight is 264 g/mol. The van der Waals surface area contributed by atoms with Crippen molar-refractivity contribution in [1.29, 1.82) is 5.26 Å². The van der Waals surface area contributed by atoms with Gasteiger partial charge in [0.05, 0.1) is 41.8 Å². The number of nitrogens with zero attached hydrogens (tertiary/aromatic N) is 2. The van der Waals surface area contributed by atoms with E-state index in [4.69, 9.17) is 15.1 Å². The molecule has 100 valence electrons. The average Bonchev–Trinajstić information content (AvgIpc) is 2.38. The molecule has 0 saturated heterocycles. The lowest BCUT2D eigenvalue weighted by atomic mass is 10.0. The molecular weight excluding hydrogens is 252 g/mol. The van der Waals surface area contributed by atoms with Crippen molar-refractivity contribution in [1.82, 2.24) is 0 Å². The largest absolute Gasteiger partial charge is 0.466 e. The quantitative estimate of drug-likeness (QED) is 0.483. The van der Waals surface area contributed by atoms with Gasteiger partial charge in [0, 0.05) is 6.07 Å². The van der Waals surface area contributed by atoms with E-state index in [0.29, 0.717) is 5.56 Å². The Kier molecular flexibility index (Phi) is 4.97. The number of ether oxygens (including phenoxy) is 1. The van der Waals surface area contributed by atoms with E-state index in [1.54, 1.807) is 13.0 Å². The van der Waals surface area contributed by atoms with Crippen LogP contribution >= 0.6 is 0 Å². The number of rotatable bonds is 5. The Morgan fingerprint density at radius 2 is 2.21 bits per heavy atom. The van der Waals surface area contributed by atoms with Gasteiger partial charge in [-0.1, -0.05) is 0 Å². The molecule has 0 amide bonds. The molecule has 0 spiro atoms. The van der Waals surface area contributed by atoms with Crippen LogP contribution in [0.3, 0.4) is 0 Å². The molecule has 7 nitrogen and oxygen atoms in total. The van der Waals surface area contributed by atoms with Gasteiger partial charge >= 0.3 is 5.97 Å². The van der Waals surface area contributed by atoms with Crippen molar-refractivity contribution in [3.8, 4) is 6.07 Å². The Balaban J connectivity index is 3.21. The first kappa shape index (κ1) is 14.6. The summed E-state index contributed by atoms with van der Waals surface area (Å²) < 4.78 is 4.75. The van der Waals surface area contributed by atoms with Crippen LogP contribution in [0.15, 0.2) is 12.1 Å². The van der Waals surface area contributed by atoms with Gasteiger partial charge in [-0.3, -0.25) is 14.9 Å². The van der Waals surface area contributed by atoms with Crippen LogP contribution in [0, 0.1) is 21.4 Å². The maximum Gasteiger partial charge on any atom is 0.310 e. The summed E-state index contributed by atoms with van der Waals surface area (Å²) >= 11 is 0. The molecular formula is C12H12N2O5. The number of aliphatic hydroxyl groups excluding tert-OH is 1. The highest BCUT2D eigenvalue weighted by Crippen LogP contribution is 2.24. The highest BCUT2D eigenvalue weighted by molar-refractivity contribution is 5.74. The first-order valence-electron chi connectivity index (χ1n) is 5.50. The molecule has 1 aromatic carbocycles. The third-order valence-corrected chi connectivity index (χ3v) is 2.43. The maximum absolute atomic E-state index is 11.4. The van der Waals surface area contributed by atoms with E-state index in [2.05, 4.69) is 0 Å². The van der Waals surface area contributed by atoms with E-state index in [-0.39, 0.29) is 29.8 Å². The van der Waals surface area contributed by atoms with Crippen LogP contribution in [0.5, 0.6) is 0 Å². The summed E-state index contributed by atoms with van der Waals surface area (Å²) in [6, 6.07) is 4.14. The van der Waals surface area contributed by atoms with Gasteiger partial charge in [0.15, 0.2) is 0 Å². The maximum atomic E-state index is 11.4. The first-order valence-corrected chi connectivity index (χ1v) is 5.50. The van der Waals surface area contributed by atoms with Crippen molar-refractivity contribution in [2.45, 2.75) is 20.0 Å². The van der Waals surface area contributed by atoms with E-state index < -0.39 is 17.5 Å². The zero-order chi connectivity index (χ0) is 14.4. The molecule has 0 atom stereocenters. The van der Waals surface area contributed by atoms with Crippen LogP contribution in [0.1, 0.15) is 23.6 Å². The molecule has 0 aliphatic rings. The van der Waals surface area contributed by atoms with Gasteiger partial charge in [0.25, 0.3) is 5.69 Å². The van der Waals surface area contributed by atoms with Crippen LogP contribution in [-0.4, -0.2) is 22.6 Å². The molecule has 0 aliphatic heterocycles. The number of hydrogen-bond acceptors (Lipinski definition) is 6. The fraction of sp³-hybridized carbons (Fsp3) is 0.333. The van der Waals surface area contributed by atoms with Gasteiger partial charge in [0.1, 0.15) is 0 Å². The lowest BCUT2D eigenvalue weighted by Crippen LogP contribution is -2.10. The fourth-order valence-electron chi connectivity index (χ4n) is 1.60. The number of hydrogen-bond donors (Lipinski definition) is 1. The summed E-state index contributed by atoms with van der Waals surface area (Å²) in [7, 11) is 0. The zero-order valence-corrected chi connectivity index (χ0v) is 10.3. The molecule has 19 heavy (non-hydrogen) atoms. The van der Waals surface area contributed by atoms with Crippen LogP contribution in [-0.2, 0) is 22.6 Å². The molecule has 7 heteroatoms. The van der Waals surface area contributed by atoms with Crippen molar-refractivity contribution in [3.05, 3.63) is 38.9 Å². The van der Waals surface area contributed by atoms with Crippen molar-refractivity contribution < 1.29 is 19.6 Å². The zero-order valence-electron chi connectivity index (χ0n) is 10.3. The van der Waals surface area contributed by atoms with Crippen LogP contribution in [0.2, 0.25) is 0 Å². The van der Waals surface area contributed by atoms with Gasteiger partial charge in [-0.05, 0) is 18.6 Å². The number of nitriles is 1. The van der Waals surface area contributed by atoms with Crippen molar-refractivity contribution in [3.63, 3.8) is 0 Å². The van der Waals surface area contributed by atoms with Crippen LogP contribution < -0.4 is 0 Å². The Hall–Kier alpha value is -2.46. The summed E-state index contributed by atoms with van der Waals surface area (Å²) in [5, 5.41) is 28.8. The number of esters is 1. The van der Waals surface area contributed by atoms with Gasteiger partial charge in [-0.2, -0.15) is 5.26 Å². The van der Waals surface area contributed by atoms with Gasteiger partial charge in [-0.15, -0.1) is 0 Å². The van der Waals surface area contributed by atoms with Crippen LogP contribution in [0.25, 0.3) is 0 Å². The lowest BCUT2D eigenvalue weighted by Gasteiger charge is -2.07. The first-order chi connectivity index (χ1) is 9.03. The molecule has 0 bridgehead atoms. The molecule has 0 radical (unpaired) electrons. The van der Waals surface area contributed by atoms with E-state index in [1.165, 1.54) is 6.07 Å².